The Morgan fingerprint density at radius 3 is 2.52 bits per heavy atom. The number of aryl methyl sites for hydroxylation is 1. The zero-order valence-electron chi connectivity index (χ0n) is 15.9. The predicted molar refractivity (Wildman–Crippen MR) is 114 cm³/mol. The molecule has 11 heteroatoms. The molecule has 0 bridgehead atoms. The zero-order chi connectivity index (χ0) is 22.1. The van der Waals surface area contributed by atoms with Crippen LogP contribution in [0.3, 0.4) is 0 Å². The highest BCUT2D eigenvalue weighted by Gasteiger charge is 2.17. The summed E-state index contributed by atoms with van der Waals surface area (Å²) in [4.78, 5) is 29.6. The summed E-state index contributed by atoms with van der Waals surface area (Å²) in [5.41, 5.74) is 0.601. The lowest BCUT2D eigenvalue weighted by atomic mass is 10.0. The first-order valence-electron chi connectivity index (χ1n) is 8.83. The fraction of sp³-hybridized carbons (Fsp3) is 0.0500. The second-order valence-electron chi connectivity index (χ2n) is 6.48. The fourth-order valence-electron chi connectivity index (χ4n) is 2.87. The first kappa shape index (κ1) is 20.7. The van der Waals surface area contributed by atoms with Gasteiger partial charge in [0.15, 0.2) is 5.82 Å². The van der Waals surface area contributed by atoms with Crippen LogP contribution < -0.4 is 10.9 Å². The van der Waals surface area contributed by atoms with Crippen molar-refractivity contribution in [3.05, 3.63) is 86.9 Å². The SMILES string of the molecule is Cn1cc(-c2cc(Cl)c(C(=O)Nc3cnc(-n4nccn4)c(Cl)c3)cc2F)ccc1=O. The lowest BCUT2D eigenvalue weighted by Crippen LogP contribution is -2.15. The van der Waals surface area contributed by atoms with Crippen molar-refractivity contribution < 1.29 is 9.18 Å². The summed E-state index contributed by atoms with van der Waals surface area (Å²) in [6, 6.07) is 6.65. The van der Waals surface area contributed by atoms with Crippen LogP contribution in [0.15, 0.2) is 59.9 Å². The molecule has 0 spiro atoms. The zero-order valence-corrected chi connectivity index (χ0v) is 17.4. The van der Waals surface area contributed by atoms with Gasteiger partial charge in [-0.3, -0.25) is 9.59 Å². The molecule has 8 nitrogen and oxygen atoms in total. The third kappa shape index (κ3) is 4.18. The van der Waals surface area contributed by atoms with Crippen molar-refractivity contribution in [1.29, 1.82) is 0 Å². The molecular formula is C20H13Cl2FN6O2. The molecule has 4 rings (SSSR count). The average Bonchev–Trinajstić information content (AvgIpc) is 3.26. The molecule has 31 heavy (non-hydrogen) atoms. The predicted octanol–water partition coefficient (Wildman–Crippen LogP) is 3.73. The van der Waals surface area contributed by atoms with Gasteiger partial charge < -0.3 is 9.88 Å². The highest BCUT2D eigenvalue weighted by Crippen LogP contribution is 2.29. The normalized spacial score (nSPS) is 10.8. The average molecular weight is 459 g/mol. The molecule has 3 aromatic heterocycles. The van der Waals surface area contributed by atoms with E-state index >= 15 is 0 Å². The van der Waals surface area contributed by atoms with E-state index in [4.69, 9.17) is 23.2 Å². The number of aromatic nitrogens is 5. The summed E-state index contributed by atoms with van der Waals surface area (Å²) in [5, 5.41) is 10.7. The van der Waals surface area contributed by atoms with Crippen LogP contribution in [-0.4, -0.2) is 30.5 Å². The molecule has 0 aliphatic heterocycles. The van der Waals surface area contributed by atoms with Crippen molar-refractivity contribution in [2.24, 2.45) is 7.05 Å². The molecule has 0 unspecified atom stereocenters. The van der Waals surface area contributed by atoms with Gasteiger partial charge >= 0.3 is 0 Å². The van der Waals surface area contributed by atoms with E-state index in [2.05, 4.69) is 20.5 Å². The third-order valence-electron chi connectivity index (χ3n) is 4.39. The molecule has 3 heterocycles. The molecule has 0 aliphatic carbocycles. The van der Waals surface area contributed by atoms with Crippen LogP contribution in [0, 0.1) is 5.82 Å². The Hall–Kier alpha value is -3.56. The Morgan fingerprint density at radius 2 is 1.84 bits per heavy atom. The maximum Gasteiger partial charge on any atom is 0.257 e. The molecule has 0 saturated heterocycles. The van der Waals surface area contributed by atoms with Crippen molar-refractivity contribution in [2.45, 2.75) is 0 Å². The molecule has 0 radical (unpaired) electrons. The molecule has 4 aromatic rings. The van der Waals surface area contributed by atoms with Crippen LogP contribution in [-0.2, 0) is 7.05 Å². The van der Waals surface area contributed by atoms with Crippen LogP contribution >= 0.6 is 23.2 Å². The summed E-state index contributed by atoms with van der Waals surface area (Å²) in [7, 11) is 1.56. The van der Waals surface area contributed by atoms with Crippen LogP contribution in [0.25, 0.3) is 16.9 Å². The fourth-order valence-corrected chi connectivity index (χ4v) is 3.36. The number of carbonyl (C=O) groups excluding carboxylic acids is 1. The van der Waals surface area contributed by atoms with Gasteiger partial charge in [0.2, 0.25) is 5.56 Å². The van der Waals surface area contributed by atoms with Crippen molar-refractivity contribution in [2.75, 3.05) is 5.32 Å². The molecule has 1 amide bonds. The summed E-state index contributed by atoms with van der Waals surface area (Å²) in [6.07, 6.45) is 5.80. The molecule has 156 valence electrons. The van der Waals surface area contributed by atoms with Gasteiger partial charge in [0, 0.05) is 30.4 Å². The maximum absolute atomic E-state index is 14.7. The van der Waals surface area contributed by atoms with Gasteiger partial charge in [-0.2, -0.15) is 10.2 Å². The molecule has 0 aliphatic rings. The Balaban J connectivity index is 1.60. The number of rotatable bonds is 4. The van der Waals surface area contributed by atoms with E-state index < -0.39 is 11.7 Å². The van der Waals surface area contributed by atoms with E-state index in [1.807, 2.05) is 0 Å². The van der Waals surface area contributed by atoms with Gasteiger partial charge in [-0.15, -0.1) is 4.80 Å². The number of amides is 1. The Kier molecular flexibility index (Phi) is 5.53. The van der Waals surface area contributed by atoms with Crippen molar-refractivity contribution in [3.8, 4) is 16.9 Å². The minimum Gasteiger partial charge on any atom is -0.320 e. The quantitative estimate of drug-likeness (QED) is 0.502. The van der Waals surface area contributed by atoms with Crippen molar-refractivity contribution in [1.82, 2.24) is 24.5 Å². The van der Waals surface area contributed by atoms with E-state index in [9.17, 15) is 14.0 Å². The second-order valence-corrected chi connectivity index (χ2v) is 7.30. The topological polar surface area (TPSA) is 94.7 Å². The summed E-state index contributed by atoms with van der Waals surface area (Å²) >= 11 is 12.4. The highest BCUT2D eigenvalue weighted by atomic mass is 35.5. The van der Waals surface area contributed by atoms with Crippen molar-refractivity contribution in [3.63, 3.8) is 0 Å². The Bertz CT molecular complexity index is 1350. The largest absolute Gasteiger partial charge is 0.320 e. The summed E-state index contributed by atoms with van der Waals surface area (Å²) < 4.78 is 16.1. The Labute approximate surface area is 184 Å². The van der Waals surface area contributed by atoms with Crippen molar-refractivity contribution >= 4 is 34.8 Å². The maximum atomic E-state index is 14.7. The van der Waals surface area contributed by atoms with Crippen LogP contribution in [0.5, 0.6) is 0 Å². The minimum absolute atomic E-state index is 0.0409. The number of halogens is 3. The smallest absolute Gasteiger partial charge is 0.257 e. The number of benzene rings is 1. The second kappa shape index (κ2) is 8.29. The first-order chi connectivity index (χ1) is 14.8. The van der Waals surface area contributed by atoms with E-state index in [1.165, 1.54) is 58.4 Å². The van der Waals surface area contributed by atoms with Gasteiger partial charge in [-0.05, 0) is 24.3 Å². The molecule has 1 N–H and O–H groups in total. The molecule has 0 fully saturated rings. The van der Waals surface area contributed by atoms with Gasteiger partial charge in [0.05, 0.1) is 39.9 Å². The summed E-state index contributed by atoms with van der Waals surface area (Å²) in [5.74, 6) is -1.02. The van der Waals surface area contributed by atoms with Gasteiger partial charge in [0.25, 0.3) is 5.91 Å². The molecule has 1 aromatic carbocycles. The minimum atomic E-state index is -0.663. The Morgan fingerprint density at radius 1 is 1.10 bits per heavy atom. The molecule has 0 saturated carbocycles. The van der Waals surface area contributed by atoms with E-state index in [0.717, 1.165) is 6.07 Å². The third-order valence-corrected chi connectivity index (χ3v) is 4.98. The number of nitrogens with one attached hydrogen (secondary N) is 1. The highest BCUT2D eigenvalue weighted by molar-refractivity contribution is 6.35. The van der Waals surface area contributed by atoms with Crippen LogP contribution in [0.4, 0.5) is 10.1 Å². The van der Waals surface area contributed by atoms with Crippen LogP contribution in [0.1, 0.15) is 10.4 Å². The number of carbonyl (C=O) groups is 1. The number of anilines is 1. The molecule has 0 atom stereocenters. The van der Waals surface area contributed by atoms with E-state index in [0.29, 0.717) is 5.56 Å². The van der Waals surface area contributed by atoms with Crippen LogP contribution in [0.2, 0.25) is 10.0 Å². The number of pyridine rings is 2. The van der Waals surface area contributed by atoms with Gasteiger partial charge in [-0.25, -0.2) is 9.37 Å². The number of hydrogen-bond acceptors (Lipinski definition) is 5. The monoisotopic (exact) mass is 458 g/mol. The van der Waals surface area contributed by atoms with E-state index in [-0.39, 0.29) is 38.2 Å². The standard InChI is InChI=1S/C20H13Cl2FN6O2/c1-28-10-11(2-3-18(28)30)13-7-15(21)14(8-17(13)23)20(31)27-12-6-16(22)19(24-9-12)29-25-4-5-26-29/h2-10H,1H3,(H,27,31). The van der Waals surface area contributed by atoms with E-state index in [1.54, 1.807) is 7.05 Å². The van der Waals surface area contributed by atoms with Gasteiger partial charge in [0.1, 0.15) is 5.82 Å². The van der Waals surface area contributed by atoms with Gasteiger partial charge in [-0.1, -0.05) is 23.2 Å². The summed E-state index contributed by atoms with van der Waals surface area (Å²) in [6.45, 7) is 0. The first-order valence-corrected chi connectivity index (χ1v) is 9.59. The molecular weight excluding hydrogens is 446 g/mol. The lowest BCUT2D eigenvalue weighted by molar-refractivity contribution is 0.102. The lowest BCUT2D eigenvalue weighted by Gasteiger charge is -2.11. The number of hydrogen-bond donors (Lipinski definition) is 1. The number of nitrogens with zero attached hydrogens (tertiary/aromatic N) is 5.